The van der Waals surface area contributed by atoms with Crippen LogP contribution in [0.15, 0.2) is 87.5 Å². The number of hydrogen-bond acceptors (Lipinski definition) is 7. The van der Waals surface area contributed by atoms with Crippen molar-refractivity contribution in [3.8, 4) is 0 Å². The molecule has 0 aliphatic heterocycles. The van der Waals surface area contributed by atoms with Crippen molar-refractivity contribution < 1.29 is 13.3 Å². The van der Waals surface area contributed by atoms with E-state index in [0.717, 1.165) is 10.2 Å². The zero-order valence-electron chi connectivity index (χ0n) is 14.7. The number of aromatic nitrogens is 1. The van der Waals surface area contributed by atoms with Crippen molar-refractivity contribution in [1.82, 2.24) is 4.98 Å². The Morgan fingerprint density at radius 1 is 0.966 bits per heavy atom. The summed E-state index contributed by atoms with van der Waals surface area (Å²) in [5, 5.41) is 11.1. The number of hydrogen-bond donors (Lipinski definition) is 1. The fourth-order valence-electron chi connectivity index (χ4n) is 2.61. The van der Waals surface area contributed by atoms with Crippen molar-refractivity contribution in [2.45, 2.75) is 14.7 Å². The smallest absolute Gasteiger partial charge is 0.258 e. The minimum Gasteiger partial charge on any atom is -0.258 e. The second-order valence-electron chi connectivity index (χ2n) is 5.89. The maximum atomic E-state index is 13.0. The number of thiazole rings is 1. The van der Waals surface area contributed by atoms with Gasteiger partial charge in [-0.05, 0) is 36.4 Å². The van der Waals surface area contributed by atoms with Gasteiger partial charge in [0, 0.05) is 21.9 Å². The second kappa shape index (κ2) is 7.82. The molecule has 0 unspecified atom stereocenters. The van der Waals surface area contributed by atoms with Gasteiger partial charge in [-0.2, -0.15) is 0 Å². The molecule has 0 spiro atoms. The van der Waals surface area contributed by atoms with Crippen LogP contribution in [-0.2, 0) is 10.0 Å². The summed E-state index contributed by atoms with van der Waals surface area (Å²) in [4.78, 5) is 16.0. The van der Waals surface area contributed by atoms with Crippen LogP contribution in [-0.4, -0.2) is 18.3 Å². The Kier molecular flexibility index (Phi) is 5.22. The van der Waals surface area contributed by atoms with Gasteiger partial charge in [0.15, 0.2) is 5.13 Å². The quantitative estimate of drug-likeness (QED) is 0.326. The van der Waals surface area contributed by atoms with Crippen LogP contribution in [0.25, 0.3) is 10.2 Å². The highest BCUT2D eigenvalue weighted by Gasteiger charge is 2.21. The number of non-ortho nitro benzene ring substituents is 1. The van der Waals surface area contributed by atoms with Crippen LogP contribution in [0, 0.1) is 10.1 Å². The van der Waals surface area contributed by atoms with Crippen LogP contribution in [0.3, 0.4) is 0 Å². The number of anilines is 1. The number of rotatable bonds is 6. The monoisotopic (exact) mass is 443 g/mol. The maximum Gasteiger partial charge on any atom is 0.269 e. The van der Waals surface area contributed by atoms with Crippen LogP contribution in [0.5, 0.6) is 0 Å². The number of fused-ring (bicyclic) bond motifs is 1. The number of para-hydroxylation sites is 1. The third-order valence-electron chi connectivity index (χ3n) is 3.93. The zero-order chi connectivity index (χ0) is 20.4. The highest BCUT2D eigenvalue weighted by Crippen LogP contribution is 2.35. The van der Waals surface area contributed by atoms with E-state index >= 15 is 0 Å². The van der Waals surface area contributed by atoms with E-state index in [1.165, 1.54) is 41.3 Å². The molecule has 0 fully saturated rings. The topological polar surface area (TPSA) is 102 Å². The van der Waals surface area contributed by atoms with Gasteiger partial charge in [-0.25, -0.2) is 13.4 Å². The van der Waals surface area contributed by atoms with Gasteiger partial charge in [-0.15, -0.1) is 0 Å². The minimum atomic E-state index is -3.86. The van der Waals surface area contributed by atoms with Gasteiger partial charge in [0.1, 0.15) is 4.90 Å². The van der Waals surface area contributed by atoms with Crippen molar-refractivity contribution in [1.29, 1.82) is 0 Å². The van der Waals surface area contributed by atoms with Gasteiger partial charge in [-0.3, -0.25) is 14.8 Å². The summed E-state index contributed by atoms with van der Waals surface area (Å²) in [6, 6.07) is 20.0. The first-order valence-corrected chi connectivity index (χ1v) is 11.4. The first-order chi connectivity index (χ1) is 13.9. The lowest BCUT2D eigenvalue weighted by molar-refractivity contribution is -0.384. The van der Waals surface area contributed by atoms with Crippen molar-refractivity contribution >= 4 is 54.2 Å². The summed E-state index contributed by atoms with van der Waals surface area (Å²) in [7, 11) is -3.86. The number of benzene rings is 3. The molecule has 4 rings (SSSR count). The highest BCUT2D eigenvalue weighted by molar-refractivity contribution is 8.00. The van der Waals surface area contributed by atoms with E-state index in [1.54, 1.807) is 30.3 Å². The molecule has 29 heavy (non-hydrogen) atoms. The molecule has 146 valence electrons. The number of nitrogens with zero attached hydrogens (tertiary/aromatic N) is 2. The van der Waals surface area contributed by atoms with E-state index in [0.29, 0.717) is 14.9 Å². The summed E-state index contributed by atoms with van der Waals surface area (Å²) in [6.07, 6.45) is 0. The fraction of sp³-hybridized carbons (Fsp3) is 0. The number of nitro benzene ring substituents is 1. The third kappa shape index (κ3) is 4.24. The summed E-state index contributed by atoms with van der Waals surface area (Å²) in [5.74, 6) is 0. The fourth-order valence-corrected chi connectivity index (χ4v) is 6.09. The Labute approximate surface area is 174 Å². The van der Waals surface area contributed by atoms with Gasteiger partial charge in [0.2, 0.25) is 0 Å². The molecule has 3 aromatic carbocycles. The molecule has 7 nitrogen and oxygen atoms in total. The van der Waals surface area contributed by atoms with Gasteiger partial charge in [0.25, 0.3) is 15.7 Å². The van der Waals surface area contributed by atoms with Crippen LogP contribution < -0.4 is 4.72 Å². The van der Waals surface area contributed by atoms with Crippen molar-refractivity contribution in [3.63, 3.8) is 0 Å². The average molecular weight is 444 g/mol. The van der Waals surface area contributed by atoms with E-state index in [-0.39, 0.29) is 10.6 Å². The predicted octanol–water partition coefficient (Wildman–Crippen LogP) is 5.16. The zero-order valence-corrected chi connectivity index (χ0v) is 17.1. The first-order valence-electron chi connectivity index (χ1n) is 8.32. The molecule has 10 heteroatoms. The normalized spacial score (nSPS) is 11.4. The molecule has 0 aliphatic carbocycles. The standard InChI is InChI=1S/C19H13N3O4S3/c23-22(24)13-9-11-14(12-10-13)27-17-7-3-4-8-18(17)29(25,26)21-19-20-15-5-1-2-6-16(15)28-19/h1-12H,(H,20,21). The lowest BCUT2D eigenvalue weighted by Crippen LogP contribution is -2.13. The Bertz CT molecular complexity index is 1270. The molecule has 0 aliphatic rings. The van der Waals surface area contributed by atoms with Gasteiger partial charge in [-0.1, -0.05) is 47.4 Å². The van der Waals surface area contributed by atoms with E-state index < -0.39 is 14.9 Å². The van der Waals surface area contributed by atoms with Crippen LogP contribution >= 0.6 is 23.1 Å². The van der Waals surface area contributed by atoms with Crippen LogP contribution in [0.2, 0.25) is 0 Å². The van der Waals surface area contributed by atoms with Gasteiger partial charge < -0.3 is 0 Å². The summed E-state index contributed by atoms with van der Waals surface area (Å²) < 4.78 is 29.4. The van der Waals surface area contributed by atoms with Gasteiger partial charge in [0.05, 0.1) is 15.1 Å². The van der Waals surface area contributed by atoms with E-state index in [1.807, 2.05) is 24.3 Å². The molecule has 0 amide bonds. The summed E-state index contributed by atoms with van der Waals surface area (Å²) in [5.41, 5.74) is 0.705. The average Bonchev–Trinajstić information content (AvgIpc) is 3.10. The number of nitro groups is 1. The molecule has 0 bridgehead atoms. The van der Waals surface area contributed by atoms with Crippen molar-refractivity contribution in [2.75, 3.05) is 4.72 Å². The molecule has 1 heterocycles. The molecular formula is C19H13N3O4S3. The molecule has 0 radical (unpaired) electrons. The Balaban J connectivity index is 1.63. The summed E-state index contributed by atoms with van der Waals surface area (Å²) in [6.45, 7) is 0. The van der Waals surface area contributed by atoms with Crippen LogP contribution in [0.4, 0.5) is 10.8 Å². The lowest BCUT2D eigenvalue weighted by Gasteiger charge is -2.10. The Hall–Kier alpha value is -2.95. The lowest BCUT2D eigenvalue weighted by atomic mass is 10.3. The minimum absolute atomic E-state index is 0.0206. The number of nitrogens with one attached hydrogen (secondary N) is 1. The molecular weight excluding hydrogens is 430 g/mol. The third-order valence-corrected chi connectivity index (χ3v) is 7.62. The van der Waals surface area contributed by atoms with Crippen molar-refractivity contribution in [2.24, 2.45) is 0 Å². The molecule has 1 aromatic heterocycles. The first kappa shape index (κ1) is 19.4. The predicted molar refractivity (Wildman–Crippen MR) is 114 cm³/mol. The molecule has 1 N–H and O–H groups in total. The largest absolute Gasteiger partial charge is 0.269 e. The Morgan fingerprint density at radius 2 is 1.66 bits per heavy atom. The highest BCUT2D eigenvalue weighted by atomic mass is 32.2. The molecule has 0 saturated heterocycles. The number of sulfonamides is 1. The summed E-state index contributed by atoms with van der Waals surface area (Å²) >= 11 is 2.48. The van der Waals surface area contributed by atoms with Gasteiger partial charge >= 0.3 is 0 Å². The SMILES string of the molecule is O=[N+]([O-])c1ccc(Sc2ccccc2S(=O)(=O)Nc2nc3ccccc3s2)cc1. The maximum absolute atomic E-state index is 13.0. The van der Waals surface area contributed by atoms with E-state index in [4.69, 9.17) is 0 Å². The van der Waals surface area contributed by atoms with Crippen LogP contribution in [0.1, 0.15) is 0 Å². The molecule has 0 atom stereocenters. The Morgan fingerprint density at radius 3 is 2.38 bits per heavy atom. The van der Waals surface area contributed by atoms with E-state index in [2.05, 4.69) is 9.71 Å². The molecule has 0 saturated carbocycles. The van der Waals surface area contributed by atoms with E-state index in [9.17, 15) is 18.5 Å². The molecule has 4 aromatic rings. The van der Waals surface area contributed by atoms with Crippen molar-refractivity contribution in [3.05, 3.63) is 82.9 Å². The second-order valence-corrected chi connectivity index (χ2v) is 9.69.